The van der Waals surface area contributed by atoms with Crippen molar-refractivity contribution in [3.63, 3.8) is 0 Å². The topological polar surface area (TPSA) is 75.2 Å². The Morgan fingerprint density at radius 1 is 1.19 bits per heavy atom. The maximum absolute atomic E-state index is 12.7. The van der Waals surface area contributed by atoms with Crippen LogP contribution in [0.1, 0.15) is 37.9 Å². The highest BCUT2D eigenvalue weighted by Gasteiger charge is 2.33. The van der Waals surface area contributed by atoms with E-state index >= 15 is 0 Å². The van der Waals surface area contributed by atoms with Crippen LogP contribution in [0.4, 0.5) is 0 Å². The number of rotatable bonds is 3. The van der Waals surface area contributed by atoms with Crippen molar-refractivity contribution in [2.45, 2.75) is 12.3 Å². The third-order valence-corrected chi connectivity index (χ3v) is 5.80. The molecule has 2 amide bonds. The Morgan fingerprint density at radius 3 is 2.73 bits per heavy atom. The number of hydrogen-bond acceptors (Lipinski definition) is 5. The van der Waals surface area contributed by atoms with Crippen LogP contribution in [0.2, 0.25) is 0 Å². The molecule has 0 saturated carbocycles. The first-order valence-corrected chi connectivity index (χ1v) is 9.30. The maximum Gasteiger partial charge on any atom is 0.261 e. The van der Waals surface area contributed by atoms with Crippen LogP contribution in [-0.2, 0) is 0 Å². The molecule has 1 fully saturated rings. The van der Waals surface area contributed by atoms with Gasteiger partial charge in [0.15, 0.2) is 0 Å². The van der Waals surface area contributed by atoms with E-state index in [0.29, 0.717) is 23.5 Å². The molecule has 3 heterocycles. The summed E-state index contributed by atoms with van der Waals surface area (Å²) in [5.74, 6) is -0.0155. The van der Waals surface area contributed by atoms with E-state index in [1.807, 2.05) is 35.2 Å². The highest BCUT2D eigenvalue weighted by Crippen LogP contribution is 2.38. The summed E-state index contributed by atoms with van der Waals surface area (Å²) in [7, 11) is 1.62. The fourth-order valence-corrected chi connectivity index (χ4v) is 4.58. The lowest BCUT2D eigenvalue weighted by atomic mass is 9.97. The second-order valence-corrected chi connectivity index (χ2v) is 7.24. The molecule has 1 aromatic carbocycles. The molecule has 3 aromatic rings. The summed E-state index contributed by atoms with van der Waals surface area (Å²) in [5.41, 5.74) is 2.38. The predicted molar refractivity (Wildman–Crippen MR) is 101 cm³/mol. The minimum absolute atomic E-state index is 0.0280. The number of nitrogens with one attached hydrogen (secondary N) is 1. The molecule has 2 aromatic heterocycles. The summed E-state index contributed by atoms with van der Waals surface area (Å²) >= 11 is 1.36. The molecular weight excluding hydrogens is 348 g/mol. The Kier molecular flexibility index (Phi) is 4.38. The maximum atomic E-state index is 12.7. The molecule has 1 N–H and O–H groups in total. The second-order valence-electron chi connectivity index (χ2n) is 6.24. The van der Waals surface area contributed by atoms with Crippen molar-refractivity contribution in [2.75, 3.05) is 20.1 Å². The van der Waals surface area contributed by atoms with E-state index in [0.717, 1.165) is 22.3 Å². The van der Waals surface area contributed by atoms with E-state index < -0.39 is 0 Å². The summed E-state index contributed by atoms with van der Waals surface area (Å²) < 4.78 is 0. The van der Waals surface area contributed by atoms with Crippen LogP contribution in [0.5, 0.6) is 0 Å². The zero-order valence-corrected chi connectivity index (χ0v) is 15.1. The van der Waals surface area contributed by atoms with Crippen molar-refractivity contribution >= 4 is 33.5 Å². The largest absolute Gasteiger partial charge is 0.354 e. The van der Waals surface area contributed by atoms with Crippen molar-refractivity contribution in [2.24, 2.45) is 0 Å². The summed E-state index contributed by atoms with van der Waals surface area (Å²) in [6, 6.07) is 9.29. The summed E-state index contributed by atoms with van der Waals surface area (Å²) in [6.45, 7) is 1.25. The molecule has 0 spiro atoms. The van der Waals surface area contributed by atoms with Gasteiger partial charge in [0.05, 0.1) is 4.88 Å². The van der Waals surface area contributed by atoms with Gasteiger partial charge in [-0.1, -0.05) is 18.2 Å². The fourth-order valence-electron chi connectivity index (χ4n) is 3.45. The first kappa shape index (κ1) is 16.7. The van der Waals surface area contributed by atoms with Gasteiger partial charge in [-0.3, -0.25) is 14.6 Å². The number of carbonyl (C=O) groups is 2. The summed E-state index contributed by atoms with van der Waals surface area (Å²) in [5, 5.41) is 2.70. The lowest BCUT2D eigenvalue weighted by molar-refractivity contribution is 0.0790. The molecule has 1 atom stereocenters. The number of fused-ring (bicyclic) bond motifs is 1. The minimum atomic E-state index is -0.127. The van der Waals surface area contributed by atoms with Gasteiger partial charge in [0, 0.05) is 49.6 Å². The Labute approximate surface area is 154 Å². The fraction of sp³-hybridized carbons (Fsp3) is 0.263. The molecule has 26 heavy (non-hydrogen) atoms. The first-order valence-electron chi connectivity index (χ1n) is 8.49. The molecule has 0 aliphatic carbocycles. The van der Waals surface area contributed by atoms with Gasteiger partial charge in [0.1, 0.15) is 10.3 Å². The number of benzene rings is 1. The van der Waals surface area contributed by atoms with Gasteiger partial charge in [-0.15, -0.1) is 11.3 Å². The average Bonchev–Trinajstić information content (AvgIpc) is 3.32. The van der Waals surface area contributed by atoms with Crippen molar-refractivity contribution in [3.8, 4) is 0 Å². The lowest BCUT2D eigenvalue weighted by Gasteiger charge is -2.17. The molecule has 132 valence electrons. The molecule has 0 bridgehead atoms. The number of hydrogen-bond donors (Lipinski definition) is 1. The third-order valence-electron chi connectivity index (χ3n) is 4.70. The number of carbonyl (C=O) groups excluding carboxylic acids is 2. The van der Waals surface area contributed by atoms with E-state index in [4.69, 9.17) is 0 Å². The first-order chi connectivity index (χ1) is 12.7. The predicted octanol–water partition coefficient (Wildman–Crippen LogP) is 2.68. The molecule has 1 unspecified atom stereocenters. The van der Waals surface area contributed by atoms with Gasteiger partial charge < -0.3 is 10.2 Å². The molecule has 7 heteroatoms. The van der Waals surface area contributed by atoms with Crippen LogP contribution >= 0.6 is 11.3 Å². The monoisotopic (exact) mass is 366 g/mol. The average molecular weight is 366 g/mol. The zero-order chi connectivity index (χ0) is 18.1. The van der Waals surface area contributed by atoms with Crippen molar-refractivity contribution in [1.29, 1.82) is 0 Å². The molecule has 1 saturated heterocycles. The smallest absolute Gasteiger partial charge is 0.261 e. The normalized spacial score (nSPS) is 16.8. The van der Waals surface area contributed by atoms with Gasteiger partial charge >= 0.3 is 0 Å². The molecule has 1 aliphatic rings. The van der Waals surface area contributed by atoms with Crippen molar-refractivity contribution in [1.82, 2.24) is 20.2 Å². The van der Waals surface area contributed by atoms with E-state index in [-0.39, 0.29) is 17.7 Å². The molecule has 4 rings (SSSR count). The Balaban J connectivity index is 1.67. The molecule has 0 radical (unpaired) electrons. The van der Waals surface area contributed by atoms with Crippen LogP contribution < -0.4 is 5.32 Å². The summed E-state index contributed by atoms with van der Waals surface area (Å²) in [6.07, 6.45) is 4.09. The third kappa shape index (κ3) is 2.84. The highest BCUT2D eigenvalue weighted by atomic mass is 32.1. The standard InChI is InChI=1S/C19H18N4O2S/c1-20-17(24)16-14(15-18(26-16)22-9-8-21-15)13-7-10-23(11-13)19(25)12-5-3-2-4-6-12/h2-6,8-9,13H,7,10-11H2,1H3,(H,20,24). The van der Waals surface area contributed by atoms with Gasteiger partial charge in [-0.2, -0.15) is 0 Å². The lowest BCUT2D eigenvalue weighted by Crippen LogP contribution is -2.28. The van der Waals surface area contributed by atoms with Gasteiger partial charge in [0.25, 0.3) is 11.8 Å². The number of aromatic nitrogens is 2. The molecular formula is C19H18N4O2S. The van der Waals surface area contributed by atoms with Crippen LogP contribution in [0.25, 0.3) is 10.3 Å². The SMILES string of the molecule is CNC(=O)c1sc2nccnc2c1C1CCN(C(=O)c2ccccc2)C1. The van der Waals surface area contributed by atoms with E-state index in [1.54, 1.807) is 19.4 Å². The Morgan fingerprint density at radius 2 is 1.96 bits per heavy atom. The second kappa shape index (κ2) is 6.84. The number of likely N-dealkylation sites (tertiary alicyclic amines) is 1. The van der Waals surface area contributed by atoms with Crippen molar-refractivity contribution in [3.05, 3.63) is 58.7 Å². The number of thiophene rings is 1. The number of amides is 2. The van der Waals surface area contributed by atoms with Gasteiger partial charge in [-0.05, 0) is 18.6 Å². The van der Waals surface area contributed by atoms with Crippen LogP contribution in [0.15, 0.2) is 42.7 Å². The Hall–Kier alpha value is -2.80. The summed E-state index contributed by atoms with van der Waals surface area (Å²) in [4.78, 5) is 37.1. The van der Waals surface area contributed by atoms with Gasteiger partial charge in [0.2, 0.25) is 0 Å². The van der Waals surface area contributed by atoms with E-state index in [2.05, 4.69) is 15.3 Å². The van der Waals surface area contributed by atoms with E-state index in [9.17, 15) is 9.59 Å². The number of nitrogens with zero attached hydrogens (tertiary/aromatic N) is 3. The highest BCUT2D eigenvalue weighted by molar-refractivity contribution is 7.20. The van der Waals surface area contributed by atoms with Crippen LogP contribution in [0.3, 0.4) is 0 Å². The minimum Gasteiger partial charge on any atom is -0.354 e. The van der Waals surface area contributed by atoms with Crippen LogP contribution in [-0.4, -0.2) is 46.8 Å². The molecule has 1 aliphatic heterocycles. The van der Waals surface area contributed by atoms with Crippen LogP contribution in [0, 0.1) is 0 Å². The Bertz CT molecular complexity index is 970. The van der Waals surface area contributed by atoms with Gasteiger partial charge in [-0.25, -0.2) is 4.98 Å². The quantitative estimate of drug-likeness (QED) is 0.773. The van der Waals surface area contributed by atoms with Crippen molar-refractivity contribution < 1.29 is 9.59 Å². The zero-order valence-electron chi connectivity index (χ0n) is 14.3. The molecule has 6 nitrogen and oxygen atoms in total. The van der Waals surface area contributed by atoms with E-state index in [1.165, 1.54) is 11.3 Å².